The van der Waals surface area contributed by atoms with Crippen LogP contribution in [0.5, 0.6) is 0 Å². The molecule has 0 aliphatic heterocycles. The molecule has 0 bridgehead atoms. The lowest BCUT2D eigenvalue weighted by Crippen LogP contribution is -2.13. The van der Waals surface area contributed by atoms with Gasteiger partial charge in [0.2, 0.25) is 0 Å². The number of non-ortho nitro benzene ring substituents is 1. The second-order valence-corrected chi connectivity index (χ2v) is 5.35. The Kier molecular flexibility index (Phi) is 4.34. The minimum Gasteiger partial charge on any atom is -0.258 e. The van der Waals surface area contributed by atoms with Crippen molar-refractivity contribution in [1.82, 2.24) is 0 Å². The molecule has 0 amide bonds. The van der Waals surface area contributed by atoms with E-state index in [1.165, 1.54) is 44.1 Å². The van der Waals surface area contributed by atoms with Gasteiger partial charge in [-0.25, -0.2) is 0 Å². The quantitative estimate of drug-likeness (QED) is 0.573. The normalized spacial score (nSPS) is 23.8. The zero-order valence-electron chi connectivity index (χ0n) is 11.0. The van der Waals surface area contributed by atoms with E-state index in [1.54, 1.807) is 12.1 Å². The van der Waals surface area contributed by atoms with Crippen LogP contribution < -0.4 is 0 Å². The zero-order valence-corrected chi connectivity index (χ0v) is 11.0. The number of benzene rings is 1. The maximum atomic E-state index is 10.6. The molecule has 0 unspecified atom stereocenters. The zero-order chi connectivity index (χ0) is 13.0. The summed E-state index contributed by atoms with van der Waals surface area (Å²) in [5, 5.41) is 10.6. The smallest absolute Gasteiger partial charge is 0.258 e. The van der Waals surface area contributed by atoms with Crippen molar-refractivity contribution in [1.29, 1.82) is 0 Å². The minimum atomic E-state index is -0.331. The van der Waals surface area contributed by atoms with Crippen molar-refractivity contribution in [2.45, 2.75) is 51.4 Å². The molecule has 0 spiro atoms. The minimum absolute atomic E-state index is 0.193. The van der Waals surface area contributed by atoms with Crippen molar-refractivity contribution in [3.05, 3.63) is 39.9 Å². The fourth-order valence-electron chi connectivity index (χ4n) is 3.06. The van der Waals surface area contributed by atoms with E-state index >= 15 is 0 Å². The summed E-state index contributed by atoms with van der Waals surface area (Å²) in [5.74, 6) is 1.52. The van der Waals surface area contributed by atoms with Gasteiger partial charge >= 0.3 is 0 Å². The van der Waals surface area contributed by atoms with Crippen LogP contribution in [0.15, 0.2) is 24.3 Å². The predicted octanol–water partition coefficient (Wildman–Crippen LogP) is 4.67. The van der Waals surface area contributed by atoms with Crippen LogP contribution in [-0.4, -0.2) is 4.92 Å². The monoisotopic (exact) mass is 247 g/mol. The number of nitrogens with zero attached hydrogens (tertiary/aromatic N) is 1. The highest BCUT2D eigenvalue weighted by Crippen LogP contribution is 2.37. The van der Waals surface area contributed by atoms with Crippen LogP contribution >= 0.6 is 0 Å². The highest BCUT2D eigenvalue weighted by Gasteiger charge is 2.22. The summed E-state index contributed by atoms with van der Waals surface area (Å²) in [6.45, 7) is 2.25. The molecular weight excluding hydrogens is 226 g/mol. The van der Waals surface area contributed by atoms with Gasteiger partial charge in [0.25, 0.3) is 5.69 Å². The van der Waals surface area contributed by atoms with Crippen molar-refractivity contribution in [3.8, 4) is 0 Å². The molecule has 1 saturated carbocycles. The molecular formula is C15H21NO2. The van der Waals surface area contributed by atoms with Crippen LogP contribution in [0.1, 0.15) is 56.9 Å². The molecule has 0 saturated heterocycles. The SMILES string of the molecule is CCC[C@H]1CC[C@H](c2ccc([N+](=O)[O-])cc2)CC1. The molecule has 18 heavy (non-hydrogen) atoms. The average molecular weight is 247 g/mol. The van der Waals surface area contributed by atoms with E-state index in [1.807, 2.05) is 12.1 Å². The Bertz CT molecular complexity index is 391. The second kappa shape index (κ2) is 5.98. The van der Waals surface area contributed by atoms with Gasteiger partial charge in [0.15, 0.2) is 0 Å². The standard InChI is InChI=1S/C15H21NO2/c1-2-3-12-4-6-13(7-5-12)14-8-10-15(11-9-14)16(17)18/h8-13H,2-7H2,1H3/t12-,13-. The number of nitro groups is 1. The van der Waals surface area contributed by atoms with Crippen molar-refractivity contribution < 1.29 is 4.92 Å². The first-order valence-electron chi connectivity index (χ1n) is 6.95. The molecule has 0 heterocycles. The van der Waals surface area contributed by atoms with Gasteiger partial charge in [-0.2, -0.15) is 0 Å². The molecule has 3 nitrogen and oxygen atoms in total. The van der Waals surface area contributed by atoms with E-state index in [4.69, 9.17) is 0 Å². The number of hydrogen-bond donors (Lipinski definition) is 0. The van der Waals surface area contributed by atoms with Crippen molar-refractivity contribution >= 4 is 5.69 Å². The van der Waals surface area contributed by atoms with Gasteiger partial charge < -0.3 is 0 Å². The van der Waals surface area contributed by atoms with Gasteiger partial charge in [0.05, 0.1) is 4.92 Å². The van der Waals surface area contributed by atoms with E-state index in [0.717, 1.165) is 5.92 Å². The van der Waals surface area contributed by atoms with Gasteiger partial charge in [-0.1, -0.05) is 31.9 Å². The Labute approximate surface area is 108 Å². The Hall–Kier alpha value is -1.38. The molecule has 1 aliphatic rings. The highest BCUT2D eigenvalue weighted by atomic mass is 16.6. The third-order valence-corrected chi connectivity index (χ3v) is 4.12. The van der Waals surface area contributed by atoms with Crippen LogP contribution in [0.3, 0.4) is 0 Å². The Morgan fingerprint density at radius 1 is 1.17 bits per heavy atom. The summed E-state index contributed by atoms with van der Waals surface area (Å²) < 4.78 is 0. The largest absolute Gasteiger partial charge is 0.269 e. The summed E-state index contributed by atoms with van der Waals surface area (Å²) in [6, 6.07) is 7.13. The molecule has 3 heteroatoms. The van der Waals surface area contributed by atoms with E-state index in [2.05, 4.69) is 6.92 Å². The maximum Gasteiger partial charge on any atom is 0.269 e. The third-order valence-electron chi connectivity index (χ3n) is 4.12. The highest BCUT2D eigenvalue weighted by molar-refractivity contribution is 5.34. The summed E-state index contributed by atoms with van der Waals surface area (Å²) in [6.07, 6.45) is 7.75. The Balaban J connectivity index is 1.95. The van der Waals surface area contributed by atoms with Crippen LogP contribution in [0, 0.1) is 16.0 Å². The van der Waals surface area contributed by atoms with Crippen molar-refractivity contribution in [2.24, 2.45) is 5.92 Å². The maximum absolute atomic E-state index is 10.6. The van der Waals surface area contributed by atoms with Gasteiger partial charge in [-0.05, 0) is 43.1 Å². The molecule has 1 aromatic rings. The van der Waals surface area contributed by atoms with Gasteiger partial charge in [-0.15, -0.1) is 0 Å². The molecule has 0 atom stereocenters. The fourth-order valence-corrected chi connectivity index (χ4v) is 3.06. The molecule has 1 aliphatic carbocycles. The molecule has 2 rings (SSSR count). The first-order chi connectivity index (χ1) is 8.70. The van der Waals surface area contributed by atoms with Crippen LogP contribution in [0.4, 0.5) is 5.69 Å². The van der Waals surface area contributed by atoms with Gasteiger partial charge in [-0.3, -0.25) is 10.1 Å². The Morgan fingerprint density at radius 3 is 2.28 bits per heavy atom. The van der Waals surface area contributed by atoms with Gasteiger partial charge in [0.1, 0.15) is 0 Å². The summed E-state index contributed by atoms with van der Waals surface area (Å²) >= 11 is 0. The molecule has 0 aromatic heterocycles. The van der Waals surface area contributed by atoms with Crippen LogP contribution in [0.25, 0.3) is 0 Å². The summed E-state index contributed by atoms with van der Waals surface area (Å²) in [4.78, 5) is 10.3. The lowest BCUT2D eigenvalue weighted by molar-refractivity contribution is -0.384. The van der Waals surface area contributed by atoms with E-state index < -0.39 is 0 Å². The van der Waals surface area contributed by atoms with E-state index in [0.29, 0.717) is 5.92 Å². The predicted molar refractivity (Wildman–Crippen MR) is 72.7 cm³/mol. The molecule has 1 fully saturated rings. The lowest BCUT2D eigenvalue weighted by Gasteiger charge is -2.28. The molecule has 0 N–H and O–H groups in total. The number of nitro benzene ring substituents is 1. The fraction of sp³-hybridized carbons (Fsp3) is 0.600. The number of hydrogen-bond acceptors (Lipinski definition) is 2. The topological polar surface area (TPSA) is 43.1 Å². The first-order valence-corrected chi connectivity index (χ1v) is 6.95. The van der Waals surface area contributed by atoms with E-state index in [9.17, 15) is 10.1 Å². The van der Waals surface area contributed by atoms with Crippen molar-refractivity contribution in [2.75, 3.05) is 0 Å². The Morgan fingerprint density at radius 2 is 1.78 bits per heavy atom. The summed E-state index contributed by atoms with van der Waals surface area (Å²) in [7, 11) is 0. The van der Waals surface area contributed by atoms with Crippen molar-refractivity contribution in [3.63, 3.8) is 0 Å². The van der Waals surface area contributed by atoms with Crippen LogP contribution in [-0.2, 0) is 0 Å². The number of rotatable bonds is 4. The average Bonchev–Trinajstić information content (AvgIpc) is 2.40. The molecule has 98 valence electrons. The third kappa shape index (κ3) is 3.09. The second-order valence-electron chi connectivity index (χ2n) is 5.35. The summed E-state index contributed by atoms with van der Waals surface area (Å²) in [5.41, 5.74) is 1.47. The van der Waals surface area contributed by atoms with Gasteiger partial charge in [0, 0.05) is 12.1 Å². The van der Waals surface area contributed by atoms with E-state index in [-0.39, 0.29) is 10.6 Å². The first kappa shape index (κ1) is 13.1. The lowest BCUT2D eigenvalue weighted by atomic mass is 9.77. The van der Waals surface area contributed by atoms with Crippen LogP contribution in [0.2, 0.25) is 0 Å². The molecule has 1 aromatic carbocycles. The molecule has 0 radical (unpaired) electrons.